The SMILES string of the molecule is N/C(=N\S(=O)(=O)c1ccccc1Cl)c1ncc(C(F)(F)F)cc1Cl. The molecule has 128 valence electrons. The normalized spacial score (nSPS) is 13.1. The Labute approximate surface area is 145 Å². The fourth-order valence-electron chi connectivity index (χ4n) is 1.66. The van der Waals surface area contributed by atoms with Crippen molar-refractivity contribution in [1.82, 2.24) is 4.98 Å². The van der Waals surface area contributed by atoms with Gasteiger partial charge in [-0.05, 0) is 18.2 Å². The molecule has 0 saturated heterocycles. The molecule has 0 atom stereocenters. The van der Waals surface area contributed by atoms with Crippen LogP contribution in [-0.4, -0.2) is 19.2 Å². The van der Waals surface area contributed by atoms with Crippen LogP contribution in [0.2, 0.25) is 10.0 Å². The molecular formula is C13H8Cl2F3N3O2S. The predicted molar refractivity (Wildman–Crippen MR) is 83.6 cm³/mol. The highest BCUT2D eigenvalue weighted by Gasteiger charge is 2.32. The van der Waals surface area contributed by atoms with E-state index in [4.69, 9.17) is 28.9 Å². The summed E-state index contributed by atoms with van der Waals surface area (Å²) in [4.78, 5) is 3.13. The highest BCUT2D eigenvalue weighted by molar-refractivity contribution is 7.90. The van der Waals surface area contributed by atoms with Gasteiger partial charge in [0.25, 0.3) is 10.0 Å². The molecule has 0 aliphatic rings. The fraction of sp³-hybridized carbons (Fsp3) is 0.0769. The first kappa shape index (κ1) is 18.5. The molecule has 2 N–H and O–H groups in total. The quantitative estimate of drug-likeness (QED) is 0.634. The van der Waals surface area contributed by atoms with Crippen LogP contribution >= 0.6 is 23.2 Å². The first-order valence-corrected chi connectivity index (χ1v) is 8.30. The van der Waals surface area contributed by atoms with Gasteiger partial charge in [-0.2, -0.15) is 21.6 Å². The minimum Gasteiger partial charge on any atom is -0.381 e. The van der Waals surface area contributed by atoms with E-state index < -0.39 is 32.6 Å². The van der Waals surface area contributed by atoms with E-state index in [1.165, 1.54) is 24.3 Å². The van der Waals surface area contributed by atoms with Gasteiger partial charge in [0.05, 0.1) is 15.6 Å². The van der Waals surface area contributed by atoms with Crippen molar-refractivity contribution in [2.24, 2.45) is 10.1 Å². The lowest BCUT2D eigenvalue weighted by molar-refractivity contribution is -0.137. The maximum atomic E-state index is 12.6. The fourth-order valence-corrected chi connectivity index (χ4v) is 3.36. The van der Waals surface area contributed by atoms with Crippen LogP contribution < -0.4 is 5.73 Å². The number of amidine groups is 1. The number of sulfonamides is 1. The van der Waals surface area contributed by atoms with Crippen molar-refractivity contribution in [3.05, 3.63) is 57.8 Å². The summed E-state index contributed by atoms with van der Waals surface area (Å²) >= 11 is 11.5. The zero-order chi connectivity index (χ0) is 18.1. The van der Waals surface area contributed by atoms with Crippen LogP contribution in [0.1, 0.15) is 11.3 Å². The average molecular weight is 398 g/mol. The summed E-state index contributed by atoms with van der Waals surface area (Å²) in [7, 11) is -4.28. The number of benzene rings is 1. The summed E-state index contributed by atoms with van der Waals surface area (Å²) in [6, 6.07) is 6.06. The van der Waals surface area contributed by atoms with Crippen LogP contribution in [0.5, 0.6) is 0 Å². The van der Waals surface area contributed by atoms with Gasteiger partial charge < -0.3 is 5.73 Å². The van der Waals surface area contributed by atoms with E-state index in [0.717, 1.165) is 0 Å². The van der Waals surface area contributed by atoms with Gasteiger partial charge in [-0.3, -0.25) is 4.98 Å². The molecule has 0 amide bonds. The van der Waals surface area contributed by atoms with Crippen LogP contribution in [-0.2, 0) is 16.2 Å². The van der Waals surface area contributed by atoms with Gasteiger partial charge in [0.2, 0.25) is 0 Å². The van der Waals surface area contributed by atoms with Gasteiger partial charge in [0, 0.05) is 6.20 Å². The summed E-state index contributed by atoms with van der Waals surface area (Å²) in [6.07, 6.45) is -4.17. The molecule has 1 aromatic carbocycles. The maximum absolute atomic E-state index is 12.6. The summed E-state index contributed by atoms with van der Waals surface area (Å²) < 4.78 is 65.4. The van der Waals surface area contributed by atoms with E-state index in [-0.39, 0.29) is 15.6 Å². The first-order valence-electron chi connectivity index (χ1n) is 6.10. The number of halogens is 5. The molecule has 0 aliphatic heterocycles. The lowest BCUT2D eigenvalue weighted by atomic mass is 10.2. The molecular weight excluding hydrogens is 390 g/mol. The van der Waals surface area contributed by atoms with Crippen LogP contribution in [0.3, 0.4) is 0 Å². The summed E-state index contributed by atoms with van der Waals surface area (Å²) in [5, 5.41) is -0.569. The number of hydrogen-bond donors (Lipinski definition) is 1. The van der Waals surface area contributed by atoms with Crippen molar-refractivity contribution >= 4 is 39.1 Å². The third-order valence-electron chi connectivity index (χ3n) is 2.74. The molecule has 0 unspecified atom stereocenters. The monoisotopic (exact) mass is 397 g/mol. The minimum atomic E-state index is -4.65. The Balaban J connectivity index is 2.47. The lowest BCUT2D eigenvalue weighted by Crippen LogP contribution is -2.19. The number of aromatic nitrogens is 1. The predicted octanol–water partition coefficient (Wildman–Crippen LogP) is 3.50. The number of pyridine rings is 1. The van der Waals surface area contributed by atoms with Gasteiger partial charge >= 0.3 is 6.18 Å². The van der Waals surface area contributed by atoms with Crippen molar-refractivity contribution in [2.75, 3.05) is 0 Å². The van der Waals surface area contributed by atoms with E-state index in [1.807, 2.05) is 0 Å². The number of nitrogens with zero attached hydrogens (tertiary/aromatic N) is 2. The van der Waals surface area contributed by atoms with Crippen LogP contribution in [0.4, 0.5) is 13.2 Å². The van der Waals surface area contributed by atoms with Crippen LogP contribution in [0.15, 0.2) is 45.8 Å². The zero-order valence-corrected chi connectivity index (χ0v) is 13.9. The second-order valence-electron chi connectivity index (χ2n) is 4.43. The Hall–Kier alpha value is -1.84. The number of alkyl halides is 3. The average Bonchev–Trinajstić information content (AvgIpc) is 2.45. The van der Waals surface area contributed by atoms with Gasteiger partial charge in [0.15, 0.2) is 5.84 Å². The van der Waals surface area contributed by atoms with Crippen molar-refractivity contribution < 1.29 is 21.6 Å². The van der Waals surface area contributed by atoms with Crippen LogP contribution in [0, 0.1) is 0 Å². The largest absolute Gasteiger partial charge is 0.417 e. The second kappa shape index (κ2) is 6.58. The first-order chi connectivity index (χ1) is 11.0. The zero-order valence-electron chi connectivity index (χ0n) is 11.6. The van der Waals surface area contributed by atoms with Gasteiger partial charge in [-0.15, -0.1) is 4.40 Å². The van der Waals surface area contributed by atoms with Crippen molar-refractivity contribution in [3.63, 3.8) is 0 Å². The van der Waals surface area contributed by atoms with Crippen LogP contribution in [0.25, 0.3) is 0 Å². The van der Waals surface area contributed by atoms with E-state index >= 15 is 0 Å². The van der Waals surface area contributed by atoms with Gasteiger partial charge in [-0.25, -0.2) is 0 Å². The third kappa shape index (κ3) is 3.97. The smallest absolute Gasteiger partial charge is 0.381 e. The standard InChI is InChI=1S/C13H8Cl2F3N3O2S/c14-8-3-1-2-4-10(8)24(22,23)21-12(19)11-9(15)5-7(6-20-11)13(16,17)18/h1-6H,(H2,19,21). The highest BCUT2D eigenvalue weighted by atomic mass is 35.5. The number of nitrogens with two attached hydrogens (primary N) is 1. The summed E-state index contributed by atoms with van der Waals surface area (Å²) in [5.74, 6) is -0.659. The lowest BCUT2D eigenvalue weighted by Gasteiger charge is -2.09. The van der Waals surface area contributed by atoms with E-state index in [1.54, 1.807) is 0 Å². The topological polar surface area (TPSA) is 85.4 Å². The maximum Gasteiger partial charge on any atom is 0.417 e. The molecule has 5 nitrogen and oxygen atoms in total. The molecule has 0 fully saturated rings. The highest BCUT2D eigenvalue weighted by Crippen LogP contribution is 2.31. The Morgan fingerprint density at radius 2 is 1.79 bits per heavy atom. The van der Waals surface area contributed by atoms with Gasteiger partial charge in [0.1, 0.15) is 10.6 Å². The molecule has 2 aromatic rings. The van der Waals surface area contributed by atoms with E-state index in [0.29, 0.717) is 12.3 Å². The Bertz CT molecular complexity index is 915. The molecule has 24 heavy (non-hydrogen) atoms. The number of hydrogen-bond acceptors (Lipinski definition) is 3. The summed E-state index contributed by atoms with van der Waals surface area (Å²) in [5.41, 5.74) is 4.04. The van der Waals surface area contributed by atoms with Crippen molar-refractivity contribution in [3.8, 4) is 0 Å². The molecule has 0 saturated carbocycles. The summed E-state index contributed by atoms with van der Waals surface area (Å²) in [6.45, 7) is 0. The molecule has 1 aromatic heterocycles. The Morgan fingerprint density at radius 3 is 2.33 bits per heavy atom. The molecule has 0 aliphatic carbocycles. The molecule has 2 rings (SSSR count). The Kier molecular flexibility index (Phi) is 5.07. The molecule has 0 bridgehead atoms. The minimum absolute atomic E-state index is 0.0828. The van der Waals surface area contributed by atoms with E-state index in [9.17, 15) is 21.6 Å². The molecule has 11 heteroatoms. The molecule has 1 heterocycles. The molecule has 0 spiro atoms. The Morgan fingerprint density at radius 1 is 1.17 bits per heavy atom. The third-order valence-corrected chi connectivity index (χ3v) is 4.82. The second-order valence-corrected chi connectivity index (χ2v) is 6.82. The van der Waals surface area contributed by atoms with E-state index in [2.05, 4.69) is 9.38 Å². The van der Waals surface area contributed by atoms with Crippen molar-refractivity contribution in [1.29, 1.82) is 0 Å². The van der Waals surface area contributed by atoms with Crippen molar-refractivity contribution in [2.45, 2.75) is 11.1 Å². The van der Waals surface area contributed by atoms with Gasteiger partial charge in [-0.1, -0.05) is 35.3 Å². The number of rotatable bonds is 3. The molecule has 0 radical (unpaired) electrons.